The third-order valence-electron chi connectivity index (χ3n) is 3.80. The van der Waals surface area contributed by atoms with E-state index in [1.54, 1.807) is 13.2 Å². The summed E-state index contributed by atoms with van der Waals surface area (Å²) in [6, 6.07) is 10.9. The summed E-state index contributed by atoms with van der Waals surface area (Å²) in [6.45, 7) is 0. The first-order chi connectivity index (χ1) is 11.1. The molecule has 2 atom stereocenters. The van der Waals surface area contributed by atoms with Crippen LogP contribution in [0.4, 0.5) is 14.5 Å². The van der Waals surface area contributed by atoms with Crippen molar-refractivity contribution < 1.29 is 13.5 Å². The Bertz CT molecular complexity index is 728. The number of nitrogens with zero attached hydrogens (tertiary/aromatic N) is 1. The van der Waals surface area contributed by atoms with Crippen LogP contribution in [0.25, 0.3) is 0 Å². The Hall–Kier alpha value is -2.63. The van der Waals surface area contributed by atoms with Crippen LogP contribution in [-0.2, 0) is 0 Å². The topological polar surface area (TPSA) is 59.6 Å². The lowest BCUT2D eigenvalue weighted by atomic mass is 10.1. The number of aliphatic imine (C=N–C) groups is 1. The molecular formula is C17H17F2N3O. The van der Waals surface area contributed by atoms with Crippen LogP contribution in [0.2, 0.25) is 0 Å². The fraction of sp³-hybridized carbons (Fsp3) is 0.235. The van der Waals surface area contributed by atoms with Crippen molar-refractivity contribution in [1.82, 2.24) is 0 Å². The maximum atomic E-state index is 13.7. The lowest BCUT2D eigenvalue weighted by Gasteiger charge is -2.10. The van der Waals surface area contributed by atoms with Gasteiger partial charge in [-0.3, -0.25) is 0 Å². The van der Waals surface area contributed by atoms with Gasteiger partial charge in [0.05, 0.1) is 18.8 Å². The molecule has 2 aromatic rings. The Morgan fingerprint density at radius 2 is 1.87 bits per heavy atom. The summed E-state index contributed by atoms with van der Waals surface area (Å²) in [7, 11) is 1.56. The number of halogens is 2. The van der Waals surface area contributed by atoms with Gasteiger partial charge in [0.15, 0.2) is 5.96 Å². The fourth-order valence-corrected chi connectivity index (χ4v) is 2.60. The lowest BCUT2D eigenvalue weighted by molar-refractivity contribution is 0.417. The second-order valence-corrected chi connectivity index (χ2v) is 5.38. The Morgan fingerprint density at radius 3 is 2.57 bits per heavy atom. The Morgan fingerprint density at radius 1 is 1.17 bits per heavy atom. The highest BCUT2D eigenvalue weighted by Crippen LogP contribution is 2.45. The van der Waals surface area contributed by atoms with Gasteiger partial charge in [0.2, 0.25) is 0 Å². The highest BCUT2D eigenvalue weighted by atomic mass is 19.1. The fourth-order valence-electron chi connectivity index (χ4n) is 2.60. The van der Waals surface area contributed by atoms with Crippen LogP contribution in [0.3, 0.4) is 0 Å². The van der Waals surface area contributed by atoms with Gasteiger partial charge in [0.25, 0.3) is 0 Å². The van der Waals surface area contributed by atoms with Crippen molar-refractivity contribution in [3.05, 3.63) is 59.7 Å². The molecule has 2 aromatic carbocycles. The lowest BCUT2D eigenvalue weighted by Crippen LogP contribution is -2.23. The number of rotatable bonds is 4. The van der Waals surface area contributed by atoms with E-state index in [9.17, 15) is 8.78 Å². The molecular weight excluding hydrogens is 300 g/mol. The third kappa shape index (κ3) is 3.26. The van der Waals surface area contributed by atoms with E-state index < -0.39 is 11.6 Å². The smallest absolute Gasteiger partial charge is 0.193 e. The number of hydrogen-bond acceptors (Lipinski definition) is 2. The number of nitrogens with one attached hydrogen (secondary N) is 1. The number of guanidine groups is 1. The number of nitrogens with two attached hydrogens (primary N) is 1. The molecule has 1 saturated carbocycles. The van der Waals surface area contributed by atoms with Crippen molar-refractivity contribution in [2.24, 2.45) is 10.7 Å². The standard InChI is InChI=1S/C17H17F2N3O/c1-23-15-8-3-2-7-13(15)21-17(20)22-14-9-10(14)16-11(18)5-4-6-12(16)19/h2-8,10,14H,9H2,1H3,(H3,20,21,22). The van der Waals surface area contributed by atoms with Crippen molar-refractivity contribution >= 4 is 11.6 Å². The van der Waals surface area contributed by atoms with E-state index in [0.29, 0.717) is 17.9 Å². The quantitative estimate of drug-likeness (QED) is 0.672. The Kier molecular flexibility index (Phi) is 4.14. The number of methoxy groups -OCH3 is 1. The molecule has 23 heavy (non-hydrogen) atoms. The summed E-state index contributed by atoms with van der Waals surface area (Å²) in [6.07, 6.45) is 0.576. The second-order valence-electron chi connectivity index (χ2n) is 5.38. The second kappa shape index (κ2) is 6.24. The molecule has 0 amide bonds. The molecule has 4 nitrogen and oxygen atoms in total. The normalized spacial score (nSPS) is 20.2. The van der Waals surface area contributed by atoms with Gasteiger partial charge < -0.3 is 15.8 Å². The molecule has 0 bridgehead atoms. The van der Waals surface area contributed by atoms with Crippen LogP contribution in [-0.4, -0.2) is 19.1 Å². The van der Waals surface area contributed by atoms with Crippen molar-refractivity contribution in [3.63, 3.8) is 0 Å². The molecule has 1 aliphatic rings. The highest BCUT2D eigenvalue weighted by molar-refractivity contribution is 5.94. The predicted octanol–water partition coefficient (Wildman–Crippen LogP) is 3.26. The monoisotopic (exact) mass is 317 g/mol. The first-order valence-electron chi connectivity index (χ1n) is 7.27. The van der Waals surface area contributed by atoms with E-state index in [0.717, 1.165) is 0 Å². The summed E-state index contributed by atoms with van der Waals surface area (Å²) < 4.78 is 32.7. The van der Waals surface area contributed by atoms with Gasteiger partial charge in [0, 0.05) is 11.5 Å². The molecule has 120 valence electrons. The van der Waals surface area contributed by atoms with Crippen LogP contribution in [0.1, 0.15) is 17.9 Å². The van der Waals surface area contributed by atoms with Gasteiger partial charge >= 0.3 is 0 Å². The molecule has 0 heterocycles. The number of hydrogen-bond donors (Lipinski definition) is 2. The summed E-state index contributed by atoms with van der Waals surface area (Å²) in [5.74, 6) is -0.515. The average molecular weight is 317 g/mol. The van der Waals surface area contributed by atoms with Crippen LogP contribution >= 0.6 is 0 Å². The molecule has 0 aromatic heterocycles. The van der Waals surface area contributed by atoms with Crippen molar-refractivity contribution in [1.29, 1.82) is 0 Å². The molecule has 0 radical (unpaired) electrons. The number of anilines is 1. The van der Waals surface area contributed by atoms with Crippen LogP contribution < -0.4 is 15.8 Å². The zero-order valence-corrected chi connectivity index (χ0v) is 12.6. The largest absolute Gasteiger partial charge is 0.495 e. The zero-order chi connectivity index (χ0) is 16.4. The molecule has 0 spiro atoms. The summed E-state index contributed by atoms with van der Waals surface area (Å²) >= 11 is 0. The summed E-state index contributed by atoms with van der Waals surface area (Å²) in [4.78, 5) is 4.29. The summed E-state index contributed by atoms with van der Waals surface area (Å²) in [5, 5.41) is 2.95. The van der Waals surface area contributed by atoms with Gasteiger partial charge in [-0.25, -0.2) is 13.8 Å². The first-order valence-corrected chi connectivity index (χ1v) is 7.27. The maximum absolute atomic E-state index is 13.7. The van der Waals surface area contributed by atoms with Crippen LogP contribution in [0, 0.1) is 11.6 Å². The molecule has 3 rings (SSSR count). The van der Waals surface area contributed by atoms with Crippen molar-refractivity contribution in [3.8, 4) is 5.75 Å². The molecule has 0 aliphatic heterocycles. The van der Waals surface area contributed by atoms with Crippen LogP contribution in [0.15, 0.2) is 47.5 Å². The van der Waals surface area contributed by atoms with E-state index in [1.807, 2.05) is 18.2 Å². The van der Waals surface area contributed by atoms with E-state index >= 15 is 0 Å². The number of benzene rings is 2. The summed E-state index contributed by atoms with van der Waals surface area (Å²) in [5.41, 5.74) is 6.66. The third-order valence-corrected chi connectivity index (χ3v) is 3.80. The zero-order valence-electron chi connectivity index (χ0n) is 12.6. The number of para-hydroxylation sites is 2. The van der Waals surface area contributed by atoms with E-state index in [-0.39, 0.29) is 23.5 Å². The van der Waals surface area contributed by atoms with Gasteiger partial charge in [-0.2, -0.15) is 0 Å². The van der Waals surface area contributed by atoms with Gasteiger partial charge in [-0.05, 0) is 30.7 Å². The van der Waals surface area contributed by atoms with Crippen LogP contribution in [0.5, 0.6) is 5.75 Å². The van der Waals surface area contributed by atoms with Crippen molar-refractivity contribution in [2.45, 2.75) is 18.4 Å². The minimum atomic E-state index is -0.538. The van der Waals surface area contributed by atoms with Crippen molar-refractivity contribution in [2.75, 3.05) is 12.4 Å². The molecule has 6 heteroatoms. The molecule has 2 unspecified atom stereocenters. The predicted molar refractivity (Wildman–Crippen MR) is 85.7 cm³/mol. The molecule has 3 N–H and O–H groups in total. The maximum Gasteiger partial charge on any atom is 0.193 e. The van der Waals surface area contributed by atoms with E-state index in [2.05, 4.69) is 10.3 Å². The van der Waals surface area contributed by atoms with Gasteiger partial charge in [0.1, 0.15) is 17.4 Å². The minimum Gasteiger partial charge on any atom is -0.495 e. The molecule has 0 saturated heterocycles. The first kappa shape index (κ1) is 15.3. The Labute approximate surface area is 133 Å². The SMILES string of the molecule is COc1ccccc1NC(N)=NC1CC1c1c(F)cccc1F. The highest BCUT2D eigenvalue weighted by Gasteiger charge is 2.42. The van der Waals surface area contributed by atoms with Gasteiger partial charge in [-0.15, -0.1) is 0 Å². The van der Waals surface area contributed by atoms with Gasteiger partial charge in [-0.1, -0.05) is 18.2 Å². The molecule has 1 aliphatic carbocycles. The average Bonchev–Trinajstić information content (AvgIpc) is 3.26. The number of ether oxygens (including phenoxy) is 1. The Balaban J connectivity index is 1.71. The molecule has 1 fully saturated rings. The minimum absolute atomic E-state index is 0.0892. The van der Waals surface area contributed by atoms with E-state index in [4.69, 9.17) is 10.5 Å². The van der Waals surface area contributed by atoms with E-state index in [1.165, 1.54) is 18.2 Å².